The van der Waals surface area contributed by atoms with Crippen LogP contribution in [0.25, 0.3) is 0 Å². The van der Waals surface area contributed by atoms with E-state index in [0.29, 0.717) is 23.6 Å². The molecule has 3 heteroatoms. The third kappa shape index (κ3) is 2.81. The van der Waals surface area contributed by atoms with E-state index in [0.717, 1.165) is 16.7 Å². The van der Waals surface area contributed by atoms with Crippen molar-refractivity contribution in [3.8, 4) is 0 Å². The van der Waals surface area contributed by atoms with Gasteiger partial charge in [0.15, 0.2) is 0 Å². The van der Waals surface area contributed by atoms with Crippen molar-refractivity contribution in [1.29, 1.82) is 0 Å². The first-order chi connectivity index (χ1) is 7.15. The maximum Gasteiger partial charge on any atom is 0.0480 e. The molecule has 15 heavy (non-hydrogen) atoms. The van der Waals surface area contributed by atoms with Crippen LogP contribution in [-0.2, 0) is 17.6 Å². The number of alkyl halides is 3. The standard InChI is InChI=1S/C12H15Cl3/c1-8(2)10-4-3-9(5-13)11(6-14)12(10)7-15/h3-4,8H,5-7H2,1-2H3. The van der Waals surface area contributed by atoms with E-state index in [-0.39, 0.29) is 0 Å². The fraction of sp³-hybridized carbons (Fsp3) is 0.500. The van der Waals surface area contributed by atoms with Gasteiger partial charge in [-0.15, -0.1) is 34.8 Å². The van der Waals surface area contributed by atoms with Crippen molar-refractivity contribution in [2.45, 2.75) is 37.4 Å². The van der Waals surface area contributed by atoms with Crippen LogP contribution in [0.3, 0.4) is 0 Å². The Labute approximate surface area is 107 Å². The Morgan fingerprint density at radius 3 is 1.93 bits per heavy atom. The maximum atomic E-state index is 5.99. The summed E-state index contributed by atoms with van der Waals surface area (Å²) in [5.41, 5.74) is 4.62. The van der Waals surface area contributed by atoms with E-state index in [1.807, 2.05) is 0 Å². The monoisotopic (exact) mass is 264 g/mol. The van der Waals surface area contributed by atoms with Crippen molar-refractivity contribution >= 4 is 34.8 Å². The molecule has 0 aliphatic carbocycles. The smallest absolute Gasteiger partial charge is 0.0480 e. The Balaban J connectivity index is 3.34. The molecule has 0 radical (unpaired) electrons. The molecule has 0 N–H and O–H groups in total. The lowest BCUT2D eigenvalue weighted by Crippen LogP contribution is -2.02. The molecule has 0 spiro atoms. The van der Waals surface area contributed by atoms with Crippen LogP contribution >= 0.6 is 34.8 Å². The van der Waals surface area contributed by atoms with E-state index in [4.69, 9.17) is 34.8 Å². The van der Waals surface area contributed by atoms with Crippen LogP contribution in [0.15, 0.2) is 12.1 Å². The molecule has 0 saturated carbocycles. The molecule has 0 aliphatic rings. The van der Waals surface area contributed by atoms with E-state index in [9.17, 15) is 0 Å². The molecular weight excluding hydrogens is 250 g/mol. The Morgan fingerprint density at radius 1 is 0.933 bits per heavy atom. The summed E-state index contributed by atoms with van der Waals surface area (Å²) in [7, 11) is 0. The summed E-state index contributed by atoms with van der Waals surface area (Å²) in [5.74, 6) is 1.93. The van der Waals surface area contributed by atoms with Crippen molar-refractivity contribution < 1.29 is 0 Å². The highest BCUT2D eigenvalue weighted by Gasteiger charge is 2.13. The van der Waals surface area contributed by atoms with Gasteiger partial charge < -0.3 is 0 Å². The van der Waals surface area contributed by atoms with Crippen molar-refractivity contribution in [2.24, 2.45) is 0 Å². The van der Waals surface area contributed by atoms with Crippen LogP contribution in [0.2, 0.25) is 0 Å². The van der Waals surface area contributed by atoms with Crippen LogP contribution in [-0.4, -0.2) is 0 Å². The van der Waals surface area contributed by atoms with Gasteiger partial charge in [-0.2, -0.15) is 0 Å². The molecule has 0 fully saturated rings. The van der Waals surface area contributed by atoms with E-state index in [1.54, 1.807) is 0 Å². The predicted molar refractivity (Wildman–Crippen MR) is 69.2 cm³/mol. The van der Waals surface area contributed by atoms with E-state index in [1.165, 1.54) is 5.56 Å². The third-order valence-electron chi connectivity index (χ3n) is 2.60. The predicted octanol–water partition coefficient (Wildman–Crippen LogP) is 5.03. The minimum atomic E-state index is 0.463. The first kappa shape index (κ1) is 13.2. The summed E-state index contributed by atoms with van der Waals surface area (Å²) in [6, 6.07) is 4.16. The molecule has 84 valence electrons. The van der Waals surface area contributed by atoms with E-state index >= 15 is 0 Å². The molecule has 0 aromatic heterocycles. The zero-order chi connectivity index (χ0) is 11.4. The van der Waals surface area contributed by atoms with Gasteiger partial charge in [-0.05, 0) is 28.2 Å². The molecule has 0 bridgehead atoms. The summed E-state index contributed by atoms with van der Waals surface area (Å²) < 4.78 is 0. The lowest BCUT2D eigenvalue weighted by Gasteiger charge is -2.17. The zero-order valence-corrected chi connectivity index (χ0v) is 11.3. The summed E-state index contributed by atoms with van der Waals surface area (Å²) in [6.45, 7) is 4.31. The third-order valence-corrected chi connectivity index (χ3v) is 3.42. The summed E-state index contributed by atoms with van der Waals surface area (Å²) in [4.78, 5) is 0. The molecule has 0 atom stereocenters. The van der Waals surface area contributed by atoms with Crippen LogP contribution in [0.1, 0.15) is 42.0 Å². The average Bonchev–Trinajstić information content (AvgIpc) is 2.26. The molecule has 0 saturated heterocycles. The van der Waals surface area contributed by atoms with Gasteiger partial charge in [-0.1, -0.05) is 26.0 Å². The van der Waals surface area contributed by atoms with Crippen LogP contribution in [0.5, 0.6) is 0 Å². The molecule has 0 nitrogen and oxygen atoms in total. The summed E-state index contributed by atoms with van der Waals surface area (Å²) >= 11 is 17.8. The van der Waals surface area contributed by atoms with Crippen LogP contribution in [0.4, 0.5) is 0 Å². The average molecular weight is 266 g/mol. The highest BCUT2D eigenvalue weighted by Crippen LogP contribution is 2.29. The Bertz CT molecular complexity index is 332. The van der Waals surface area contributed by atoms with Gasteiger partial charge in [-0.3, -0.25) is 0 Å². The molecule has 0 unspecified atom stereocenters. The van der Waals surface area contributed by atoms with Gasteiger partial charge in [-0.25, -0.2) is 0 Å². The fourth-order valence-electron chi connectivity index (χ4n) is 1.75. The number of benzene rings is 1. The Hall–Kier alpha value is 0.0900. The molecule has 1 rings (SSSR count). The Morgan fingerprint density at radius 2 is 1.53 bits per heavy atom. The molecule has 0 amide bonds. The number of rotatable bonds is 4. The molecule has 1 aromatic rings. The van der Waals surface area contributed by atoms with Crippen LogP contribution in [0, 0.1) is 0 Å². The zero-order valence-electron chi connectivity index (χ0n) is 8.99. The summed E-state index contributed by atoms with van der Waals surface area (Å²) in [6.07, 6.45) is 0. The molecule has 1 aromatic carbocycles. The first-order valence-electron chi connectivity index (χ1n) is 4.97. The number of hydrogen-bond donors (Lipinski definition) is 0. The minimum Gasteiger partial charge on any atom is -0.122 e. The highest BCUT2D eigenvalue weighted by molar-refractivity contribution is 6.20. The van der Waals surface area contributed by atoms with E-state index < -0.39 is 0 Å². The minimum absolute atomic E-state index is 0.463. The second-order valence-corrected chi connectivity index (χ2v) is 4.63. The first-order valence-corrected chi connectivity index (χ1v) is 6.57. The second-order valence-electron chi connectivity index (χ2n) is 3.83. The SMILES string of the molecule is CC(C)c1ccc(CCl)c(CCl)c1CCl. The lowest BCUT2D eigenvalue weighted by atomic mass is 9.92. The van der Waals surface area contributed by atoms with Crippen molar-refractivity contribution in [3.63, 3.8) is 0 Å². The fourth-order valence-corrected chi connectivity index (χ4v) is 2.65. The summed E-state index contributed by atoms with van der Waals surface area (Å²) in [5, 5.41) is 0. The van der Waals surface area contributed by atoms with Gasteiger partial charge in [0.25, 0.3) is 0 Å². The largest absolute Gasteiger partial charge is 0.122 e. The Kier molecular flexibility index (Phi) is 5.25. The number of halogens is 3. The second kappa shape index (κ2) is 5.98. The molecule has 0 aliphatic heterocycles. The highest BCUT2D eigenvalue weighted by atomic mass is 35.5. The maximum absolute atomic E-state index is 5.99. The van der Waals surface area contributed by atoms with Gasteiger partial charge in [0, 0.05) is 17.6 Å². The van der Waals surface area contributed by atoms with Crippen molar-refractivity contribution in [3.05, 3.63) is 34.4 Å². The lowest BCUT2D eigenvalue weighted by molar-refractivity contribution is 0.848. The van der Waals surface area contributed by atoms with E-state index in [2.05, 4.69) is 26.0 Å². The molecule has 0 heterocycles. The normalized spacial score (nSPS) is 11.1. The van der Waals surface area contributed by atoms with Gasteiger partial charge in [0.1, 0.15) is 0 Å². The van der Waals surface area contributed by atoms with Gasteiger partial charge in [0.05, 0.1) is 0 Å². The van der Waals surface area contributed by atoms with Gasteiger partial charge in [0.2, 0.25) is 0 Å². The molecular formula is C12H15Cl3. The van der Waals surface area contributed by atoms with Crippen molar-refractivity contribution in [1.82, 2.24) is 0 Å². The quantitative estimate of drug-likeness (QED) is 0.670. The van der Waals surface area contributed by atoms with Crippen molar-refractivity contribution in [2.75, 3.05) is 0 Å². The topological polar surface area (TPSA) is 0 Å². The number of hydrogen-bond acceptors (Lipinski definition) is 0. The van der Waals surface area contributed by atoms with Crippen LogP contribution < -0.4 is 0 Å². The van der Waals surface area contributed by atoms with Gasteiger partial charge >= 0.3 is 0 Å².